The predicted molar refractivity (Wildman–Crippen MR) is 77.8 cm³/mol. The number of amides is 2. The lowest BCUT2D eigenvalue weighted by Crippen LogP contribution is -2.51. The van der Waals surface area contributed by atoms with Crippen molar-refractivity contribution in [2.24, 2.45) is 0 Å². The van der Waals surface area contributed by atoms with Gasteiger partial charge in [-0.25, -0.2) is 0 Å². The van der Waals surface area contributed by atoms with Crippen LogP contribution >= 0.6 is 0 Å². The maximum Gasteiger partial charge on any atom is 0.270 e. The topological polar surface area (TPSA) is 72.2 Å². The monoisotopic (exact) mass is 286 g/mol. The first kappa shape index (κ1) is 13.5. The molecule has 0 aromatic carbocycles. The van der Waals surface area contributed by atoms with E-state index in [0.717, 1.165) is 5.69 Å². The van der Waals surface area contributed by atoms with E-state index in [9.17, 15) is 9.59 Å². The summed E-state index contributed by atoms with van der Waals surface area (Å²) in [6.45, 7) is 2.33. The Labute approximate surface area is 122 Å². The van der Waals surface area contributed by atoms with Crippen molar-refractivity contribution < 1.29 is 9.59 Å². The Morgan fingerprint density at radius 3 is 2.24 bits per heavy atom. The molecule has 1 fully saturated rings. The molecule has 2 aromatic rings. The molecule has 110 valence electrons. The minimum Gasteiger partial charge on any atom is -0.365 e. The molecule has 6 nitrogen and oxygen atoms in total. The van der Waals surface area contributed by atoms with Gasteiger partial charge in [0.05, 0.1) is 6.42 Å². The number of piperazine rings is 1. The highest BCUT2D eigenvalue weighted by molar-refractivity contribution is 5.92. The minimum atomic E-state index is -0.00327. The number of rotatable bonds is 3. The third kappa shape index (κ3) is 2.99. The van der Waals surface area contributed by atoms with Gasteiger partial charge in [-0.15, -0.1) is 0 Å². The summed E-state index contributed by atoms with van der Waals surface area (Å²) in [7, 11) is 0. The summed E-state index contributed by atoms with van der Waals surface area (Å²) in [6.07, 6.45) is 3.94. The van der Waals surface area contributed by atoms with E-state index in [4.69, 9.17) is 0 Å². The molecule has 1 saturated heterocycles. The summed E-state index contributed by atoms with van der Waals surface area (Å²) >= 11 is 0. The third-order valence-corrected chi connectivity index (χ3v) is 3.75. The molecule has 0 atom stereocenters. The average Bonchev–Trinajstić information content (AvgIpc) is 3.20. The second kappa shape index (κ2) is 5.87. The number of nitrogens with one attached hydrogen (secondary N) is 2. The van der Waals surface area contributed by atoms with E-state index < -0.39 is 0 Å². The SMILES string of the molecule is O=C(Cc1ccc[nH]1)N1CCN(C(=O)c2ccc[nH]2)CC1. The van der Waals surface area contributed by atoms with Gasteiger partial charge in [-0.05, 0) is 24.3 Å². The summed E-state index contributed by atoms with van der Waals surface area (Å²) in [4.78, 5) is 33.9. The summed E-state index contributed by atoms with van der Waals surface area (Å²) in [5.74, 6) is 0.0980. The predicted octanol–water partition coefficient (Wildman–Crippen LogP) is 0.870. The third-order valence-electron chi connectivity index (χ3n) is 3.75. The van der Waals surface area contributed by atoms with Crippen LogP contribution in [0.3, 0.4) is 0 Å². The van der Waals surface area contributed by atoms with Crippen LogP contribution in [0, 0.1) is 0 Å². The molecular weight excluding hydrogens is 268 g/mol. The van der Waals surface area contributed by atoms with Crippen LogP contribution in [0.25, 0.3) is 0 Å². The van der Waals surface area contributed by atoms with E-state index in [2.05, 4.69) is 9.97 Å². The highest BCUT2D eigenvalue weighted by Gasteiger charge is 2.25. The van der Waals surface area contributed by atoms with E-state index in [1.54, 1.807) is 17.2 Å². The Balaban J connectivity index is 1.53. The van der Waals surface area contributed by atoms with Crippen molar-refractivity contribution in [1.82, 2.24) is 19.8 Å². The van der Waals surface area contributed by atoms with Crippen molar-refractivity contribution in [3.63, 3.8) is 0 Å². The van der Waals surface area contributed by atoms with Crippen LogP contribution in [0.1, 0.15) is 16.2 Å². The van der Waals surface area contributed by atoms with Crippen molar-refractivity contribution in [2.75, 3.05) is 26.2 Å². The number of carbonyl (C=O) groups excluding carboxylic acids is 2. The van der Waals surface area contributed by atoms with Crippen molar-refractivity contribution >= 4 is 11.8 Å². The molecule has 6 heteroatoms. The number of hydrogen-bond donors (Lipinski definition) is 2. The number of carbonyl (C=O) groups is 2. The van der Waals surface area contributed by atoms with Crippen molar-refractivity contribution in [3.8, 4) is 0 Å². The highest BCUT2D eigenvalue weighted by Crippen LogP contribution is 2.09. The molecule has 1 aliphatic rings. The zero-order valence-corrected chi connectivity index (χ0v) is 11.7. The minimum absolute atomic E-state index is 0.00327. The lowest BCUT2D eigenvalue weighted by molar-refractivity contribution is -0.132. The molecule has 0 unspecified atom stereocenters. The number of nitrogens with zero attached hydrogens (tertiary/aromatic N) is 2. The van der Waals surface area contributed by atoms with Crippen molar-refractivity contribution in [2.45, 2.75) is 6.42 Å². The maximum absolute atomic E-state index is 12.2. The molecule has 0 bridgehead atoms. The van der Waals surface area contributed by atoms with Crippen LogP contribution in [-0.4, -0.2) is 57.8 Å². The Kier molecular flexibility index (Phi) is 3.77. The standard InChI is InChI=1S/C15H18N4O2/c20-14(11-12-3-1-5-16-12)18-7-9-19(10-8-18)15(21)13-4-2-6-17-13/h1-6,16-17H,7-11H2. The van der Waals surface area contributed by atoms with Gasteiger partial charge in [0, 0.05) is 44.3 Å². The van der Waals surface area contributed by atoms with Crippen LogP contribution in [0.4, 0.5) is 0 Å². The molecule has 0 aliphatic carbocycles. The van der Waals surface area contributed by atoms with Crippen LogP contribution in [0.15, 0.2) is 36.7 Å². The summed E-state index contributed by atoms with van der Waals surface area (Å²) in [6, 6.07) is 7.37. The molecular formula is C15H18N4O2. The molecule has 0 saturated carbocycles. The molecule has 1 aliphatic heterocycles. The molecule has 3 rings (SSSR count). The highest BCUT2D eigenvalue weighted by atomic mass is 16.2. The van der Waals surface area contributed by atoms with Gasteiger partial charge in [0.1, 0.15) is 5.69 Å². The van der Waals surface area contributed by atoms with Gasteiger partial charge in [0.15, 0.2) is 0 Å². The number of H-pyrrole nitrogens is 2. The number of aromatic amines is 2. The van der Waals surface area contributed by atoms with Gasteiger partial charge in [0.2, 0.25) is 5.91 Å². The van der Waals surface area contributed by atoms with Gasteiger partial charge in [-0.2, -0.15) is 0 Å². The van der Waals surface area contributed by atoms with E-state index in [1.807, 2.05) is 29.3 Å². The summed E-state index contributed by atoms with van der Waals surface area (Å²) in [5, 5.41) is 0. The lowest BCUT2D eigenvalue weighted by Gasteiger charge is -2.34. The second-order valence-electron chi connectivity index (χ2n) is 5.13. The van der Waals surface area contributed by atoms with E-state index in [-0.39, 0.29) is 11.8 Å². The first-order valence-electron chi connectivity index (χ1n) is 7.07. The first-order valence-corrected chi connectivity index (χ1v) is 7.07. The molecule has 21 heavy (non-hydrogen) atoms. The van der Waals surface area contributed by atoms with Gasteiger partial charge in [-0.1, -0.05) is 0 Å². The Morgan fingerprint density at radius 1 is 0.952 bits per heavy atom. The number of hydrogen-bond acceptors (Lipinski definition) is 2. The molecule has 2 N–H and O–H groups in total. The van der Waals surface area contributed by atoms with Gasteiger partial charge >= 0.3 is 0 Å². The van der Waals surface area contributed by atoms with Gasteiger partial charge < -0.3 is 19.8 Å². The largest absolute Gasteiger partial charge is 0.365 e. The molecule has 0 radical (unpaired) electrons. The molecule has 0 spiro atoms. The maximum atomic E-state index is 12.2. The van der Waals surface area contributed by atoms with Crippen LogP contribution in [0.5, 0.6) is 0 Å². The zero-order chi connectivity index (χ0) is 14.7. The zero-order valence-electron chi connectivity index (χ0n) is 11.7. The Bertz CT molecular complexity index is 596. The first-order chi connectivity index (χ1) is 10.2. The van der Waals surface area contributed by atoms with Gasteiger partial charge in [-0.3, -0.25) is 9.59 Å². The quantitative estimate of drug-likeness (QED) is 0.879. The fraction of sp³-hybridized carbons (Fsp3) is 0.333. The summed E-state index contributed by atoms with van der Waals surface area (Å²) in [5.41, 5.74) is 1.52. The Morgan fingerprint density at radius 2 is 1.62 bits per heavy atom. The second-order valence-corrected chi connectivity index (χ2v) is 5.13. The lowest BCUT2D eigenvalue weighted by atomic mass is 10.2. The molecule has 2 aromatic heterocycles. The molecule has 3 heterocycles. The van der Waals surface area contributed by atoms with E-state index >= 15 is 0 Å². The van der Waals surface area contributed by atoms with Crippen LogP contribution < -0.4 is 0 Å². The smallest absolute Gasteiger partial charge is 0.270 e. The van der Waals surface area contributed by atoms with E-state index in [0.29, 0.717) is 38.3 Å². The van der Waals surface area contributed by atoms with Crippen LogP contribution in [0.2, 0.25) is 0 Å². The average molecular weight is 286 g/mol. The van der Waals surface area contributed by atoms with Crippen molar-refractivity contribution in [1.29, 1.82) is 0 Å². The fourth-order valence-electron chi connectivity index (χ4n) is 2.54. The van der Waals surface area contributed by atoms with Gasteiger partial charge in [0.25, 0.3) is 5.91 Å². The summed E-state index contributed by atoms with van der Waals surface area (Å²) < 4.78 is 0. The Hall–Kier alpha value is -2.50. The van der Waals surface area contributed by atoms with Crippen LogP contribution in [-0.2, 0) is 11.2 Å². The normalized spacial score (nSPS) is 15.2. The molecule has 2 amide bonds. The fourth-order valence-corrected chi connectivity index (χ4v) is 2.54. The van der Waals surface area contributed by atoms with E-state index in [1.165, 1.54) is 0 Å². The van der Waals surface area contributed by atoms with Crippen molar-refractivity contribution in [3.05, 3.63) is 48.0 Å². The number of aromatic nitrogens is 2.